The van der Waals surface area contributed by atoms with Crippen LogP contribution in [0.4, 0.5) is 0 Å². The molecule has 1 atom stereocenters. The summed E-state index contributed by atoms with van der Waals surface area (Å²) in [6.07, 6.45) is 4.18. The van der Waals surface area contributed by atoms with E-state index < -0.39 is 0 Å². The maximum absolute atomic E-state index is 12.5. The van der Waals surface area contributed by atoms with Crippen molar-refractivity contribution < 1.29 is 4.79 Å². The molecule has 1 aromatic heterocycles. The van der Waals surface area contributed by atoms with Crippen LogP contribution in [0, 0.1) is 13.8 Å². The van der Waals surface area contributed by atoms with Crippen molar-refractivity contribution >= 4 is 5.91 Å². The van der Waals surface area contributed by atoms with E-state index in [4.69, 9.17) is 0 Å². The van der Waals surface area contributed by atoms with Crippen LogP contribution >= 0.6 is 0 Å². The molecule has 0 saturated carbocycles. The maximum Gasteiger partial charge on any atom is 0.224 e. The van der Waals surface area contributed by atoms with Gasteiger partial charge in [-0.25, -0.2) is 0 Å². The molecule has 0 unspecified atom stereocenters. The number of aryl methyl sites for hydroxylation is 2. The van der Waals surface area contributed by atoms with Gasteiger partial charge in [0.25, 0.3) is 0 Å². The van der Waals surface area contributed by atoms with Gasteiger partial charge < -0.3 is 5.32 Å². The number of piperidine rings is 1. The molecule has 0 bridgehead atoms. The second-order valence-corrected chi connectivity index (χ2v) is 6.92. The summed E-state index contributed by atoms with van der Waals surface area (Å²) in [5.74, 6) is 0.0607. The fourth-order valence-corrected chi connectivity index (χ4v) is 3.63. The molecule has 2 heterocycles. The number of carbonyl (C=O) groups excluding carboxylic acids is 1. The molecule has 0 radical (unpaired) electrons. The zero-order chi connectivity index (χ0) is 17.6. The largest absolute Gasteiger partial charge is 0.354 e. The van der Waals surface area contributed by atoms with Crippen molar-refractivity contribution in [3.8, 4) is 0 Å². The van der Waals surface area contributed by atoms with Crippen LogP contribution in [-0.2, 0) is 11.2 Å². The Labute approximate surface area is 149 Å². The quantitative estimate of drug-likeness (QED) is 0.850. The summed E-state index contributed by atoms with van der Waals surface area (Å²) in [4.78, 5) is 15.0. The number of nitrogens with one attached hydrogen (secondary N) is 2. The van der Waals surface area contributed by atoms with Gasteiger partial charge in [-0.2, -0.15) is 5.10 Å². The van der Waals surface area contributed by atoms with Crippen LogP contribution in [0.1, 0.15) is 47.8 Å². The zero-order valence-corrected chi connectivity index (χ0v) is 15.2. The molecule has 0 spiro atoms. The molecule has 1 amide bonds. The third kappa shape index (κ3) is 4.48. The molecule has 2 N–H and O–H groups in total. The van der Waals surface area contributed by atoms with Gasteiger partial charge in [-0.05, 0) is 45.3 Å². The van der Waals surface area contributed by atoms with Crippen molar-refractivity contribution in [1.29, 1.82) is 0 Å². The highest BCUT2D eigenvalue weighted by atomic mass is 16.1. The molecule has 2 aromatic rings. The first-order valence-corrected chi connectivity index (χ1v) is 9.21. The Hall–Kier alpha value is -2.14. The summed E-state index contributed by atoms with van der Waals surface area (Å²) >= 11 is 0. The van der Waals surface area contributed by atoms with Crippen LogP contribution in [0.15, 0.2) is 30.3 Å². The van der Waals surface area contributed by atoms with Gasteiger partial charge in [-0.3, -0.25) is 14.8 Å². The van der Waals surface area contributed by atoms with Gasteiger partial charge in [0.05, 0.1) is 18.2 Å². The van der Waals surface area contributed by atoms with Crippen molar-refractivity contribution in [2.24, 2.45) is 0 Å². The summed E-state index contributed by atoms with van der Waals surface area (Å²) in [7, 11) is 0. The molecule has 5 nitrogen and oxygen atoms in total. The zero-order valence-electron chi connectivity index (χ0n) is 15.2. The predicted molar refractivity (Wildman–Crippen MR) is 99.4 cm³/mol. The average Bonchev–Trinajstić information content (AvgIpc) is 2.96. The average molecular weight is 340 g/mol. The van der Waals surface area contributed by atoms with Crippen molar-refractivity contribution in [2.45, 2.75) is 45.6 Å². The number of hydrogen-bond acceptors (Lipinski definition) is 3. The number of aromatic nitrogens is 2. The van der Waals surface area contributed by atoms with E-state index in [1.54, 1.807) is 0 Å². The minimum Gasteiger partial charge on any atom is -0.354 e. The van der Waals surface area contributed by atoms with E-state index in [0.717, 1.165) is 30.0 Å². The van der Waals surface area contributed by atoms with Gasteiger partial charge in [0, 0.05) is 17.8 Å². The molecule has 25 heavy (non-hydrogen) atoms. The summed E-state index contributed by atoms with van der Waals surface area (Å²) in [6.45, 7) is 6.76. The monoisotopic (exact) mass is 340 g/mol. The Morgan fingerprint density at radius 2 is 1.92 bits per heavy atom. The van der Waals surface area contributed by atoms with Gasteiger partial charge in [-0.1, -0.05) is 36.8 Å². The minimum absolute atomic E-state index is 0.0607. The first kappa shape index (κ1) is 17.7. The predicted octanol–water partition coefficient (Wildman–Crippen LogP) is 2.91. The second kappa shape index (κ2) is 8.30. The topological polar surface area (TPSA) is 61.0 Å². The molecular weight excluding hydrogens is 312 g/mol. The lowest BCUT2D eigenvalue weighted by Gasteiger charge is -2.35. The molecule has 1 aliphatic heterocycles. The van der Waals surface area contributed by atoms with E-state index >= 15 is 0 Å². The maximum atomic E-state index is 12.5. The molecule has 1 fully saturated rings. The van der Waals surface area contributed by atoms with Gasteiger partial charge in [-0.15, -0.1) is 0 Å². The van der Waals surface area contributed by atoms with Crippen LogP contribution in [0.3, 0.4) is 0 Å². The molecule has 3 rings (SSSR count). The Morgan fingerprint density at radius 3 is 2.56 bits per heavy atom. The molecular formula is C20H28N4O. The van der Waals surface area contributed by atoms with Crippen molar-refractivity contribution in [1.82, 2.24) is 20.4 Å². The van der Waals surface area contributed by atoms with Gasteiger partial charge >= 0.3 is 0 Å². The molecule has 5 heteroatoms. The summed E-state index contributed by atoms with van der Waals surface area (Å²) in [6, 6.07) is 10.8. The lowest BCUT2D eigenvalue weighted by molar-refractivity contribution is -0.120. The normalized spacial score (nSPS) is 16.6. The van der Waals surface area contributed by atoms with E-state index in [9.17, 15) is 4.79 Å². The standard InChI is InChI=1S/C20H28N4O/c1-15-18(16(2)23-22-15)13-20(25)21-14-19(17-9-5-3-6-10-17)24-11-7-4-8-12-24/h3,5-6,9-10,19H,4,7-8,11-14H2,1-2H3,(H,21,25)(H,22,23)/t19-/m0/s1. The second-order valence-electron chi connectivity index (χ2n) is 6.92. The van der Waals surface area contributed by atoms with Crippen LogP contribution < -0.4 is 5.32 Å². The number of amides is 1. The van der Waals surface area contributed by atoms with Gasteiger partial charge in [0.2, 0.25) is 5.91 Å². The summed E-state index contributed by atoms with van der Waals surface area (Å²) in [5.41, 5.74) is 4.17. The smallest absolute Gasteiger partial charge is 0.224 e. The fourth-order valence-electron chi connectivity index (χ4n) is 3.63. The number of aromatic amines is 1. The third-order valence-electron chi connectivity index (χ3n) is 5.13. The van der Waals surface area contributed by atoms with Crippen LogP contribution in [0.2, 0.25) is 0 Å². The lowest BCUT2D eigenvalue weighted by atomic mass is 10.0. The number of hydrogen-bond donors (Lipinski definition) is 2. The number of likely N-dealkylation sites (tertiary alicyclic amines) is 1. The number of H-pyrrole nitrogens is 1. The number of rotatable bonds is 6. The Balaban J connectivity index is 1.65. The SMILES string of the molecule is Cc1n[nH]c(C)c1CC(=O)NC[C@@H](c1ccccc1)N1CCCCC1. The number of benzene rings is 1. The summed E-state index contributed by atoms with van der Waals surface area (Å²) in [5, 5.41) is 10.3. The van der Waals surface area contributed by atoms with Crippen LogP contribution in [0.5, 0.6) is 0 Å². The van der Waals surface area contributed by atoms with Crippen LogP contribution in [0.25, 0.3) is 0 Å². The van der Waals surface area contributed by atoms with E-state index in [1.165, 1.54) is 24.8 Å². The Bertz CT molecular complexity index is 669. The first-order chi connectivity index (χ1) is 12.1. The summed E-state index contributed by atoms with van der Waals surface area (Å²) < 4.78 is 0. The number of nitrogens with zero attached hydrogens (tertiary/aromatic N) is 2. The van der Waals surface area contributed by atoms with Crippen LogP contribution in [-0.4, -0.2) is 40.6 Å². The third-order valence-corrected chi connectivity index (χ3v) is 5.13. The van der Waals surface area contributed by atoms with E-state index in [2.05, 4.69) is 44.7 Å². The Morgan fingerprint density at radius 1 is 1.20 bits per heavy atom. The van der Waals surface area contributed by atoms with E-state index in [-0.39, 0.29) is 11.9 Å². The molecule has 1 aliphatic rings. The van der Waals surface area contributed by atoms with E-state index in [1.807, 2.05) is 19.9 Å². The highest BCUT2D eigenvalue weighted by Crippen LogP contribution is 2.24. The molecule has 1 aromatic carbocycles. The highest BCUT2D eigenvalue weighted by Gasteiger charge is 2.23. The molecule has 1 saturated heterocycles. The van der Waals surface area contributed by atoms with Crippen molar-refractivity contribution in [2.75, 3.05) is 19.6 Å². The number of carbonyl (C=O) groups is 1. The minimum atomic E-state index is 0.0607. The molecule has 134 valence electrons. The van der Waals surface area contributed by atoms with Crippen molar-refractivity contribution in [3.05, 3.63) is 52.8 Å². The van der Waals surface area contributed by atoms with Gasteiger partial charge in [0.15, 0.2) is 0 Å². The fraction of sp³-hybridized carbons (Fsp3) is 0.500. The van der Waals surface area contributed by atoms with E-state index in [0.29, 0.717) is 13.0 Å². The molecule has 0 aliphatic carbocycles. The lowest BCUT2D eigenvalue weighted by Crippen LogP contribution is -2.41. The highest BCUT2D eigenvalue weighted by molar-refractivity contribution is 5.79. The van der Waals surface area contributed by atoms with Crippen molar-refractivity contribution in [3.63, 3.8) is 0 Å². The Kier molecular flexibility index (Phi) is 5.87. The van der Waals surface area contributed by atoms with Gasteiger partial charge in [0.1, 0.15) is 0 Å². The first-order valence-electron chi connectivity index (χ1n) is 9.21.